The maximum absolute atomic E-state index is 8.85. The molecule has 0 spiro atoms. The van der Waals surface area contributed by atoms with E-state index in [0.29, 0.717) is 0 Å². The van der Waals surface area contributed by atoms with E-state index in [4.69, 9.17) is 5.11 Å². The van der Waals surface area contributed by atoms with Gasteiger partial charge in [0, 0.05) is 9.37 Å². The number of hydrogen-bond acceptors (Lipinski definition) is 2. The van der Waals surface area contributed by atoms with Crippen LogP contribution in [0.15, 0.2) is 27.6 Å². The summed E-state index contributed by atoms with van der Waals surface area (Å²) in [6.07, 6.45) is 2.03. The normalized spacial score (nSPS) is 10.1. The second kappa shape index (κ2) is 4.14. The number of hydrogen-bond donors (Lipinski definition) is 1. The van der Waals surface area contributed by atoms with Crippen molar-refractivity contribution < 1.29 is 5.11 Å². The molecule has 1 N–H and O–H groups in total. The summed E-state index contributed by atoms with van der Waals surface area (Å²) in [4.78, 5) is 1.20. The molecule has 0 aliphatic rings. The van der Waals surface area contributed by atoms with Gasteiger partial charge in [0.25, 0.3) is 0 Å². The van der Waals surface area contributed by atoms with Crippen LogP contribution in [-0.4, -0.2) is 11.4 Å². The summed E-state index contributed by atoms with van der Waals surface area (Å²) in [6, 6.07) is 5.94. The molecule has 0 bridgehead atoms. The number of aliphatic hydroxyl groups is 1. The van der Waals surface area contributed by atoms with Crippen LogP contribution in [0.3, 0.4) is 0 Å². The topological polar surface area (TPSA) is 20.2 Å². The molecule has 0 amide bonds. The minimum absolute atomic E-state index is 0.0925. The zero-order chi connectivity index (χ0) is 8.27. The van der Waals surface area contributed by atoms with Gasteiger partial charge in [-0.3, -0.25) is 0 Å². The third-order valence-corrected chi connectivity index (χ3v) is 2.89. The largest absolute Gasteiger partial charge is 0.392 e. The number of thioether (sulfide) groups is 1. The van der Waals surface area contributed by atoms with Crippen LogP contribution in [0.25, 0.3) is 0 Å². The quantitative estimate of drug-likeness (QED) is 0.792. The summed E-state index contributed by atoms with van der Waals surface area (Å²) >= 11 is 5.07. The Bertz CT molecular complexity index is 250. The van der Waals surface area contributed by atoms with Crippen LogP contribution in [-0.2, 0) is 6.61 Å². The summed E-state index contributed by atoms with van der Waals surface area (Å²) in [5.41, 5.74) is 0.933. The van der Waals surface area contributed by atoms with Gasteiger partial charge in [-0.1, -0.05) is 22.0 Å². The van der Waals surface area contributed by atoms with Gasteiger partial charge in [-0.05, 0) is 24.0 Å². The molecule has 0 atom stereocenters. The molecule has 60 valence electrons. The molecule has 0 saturated heterocycles. The van der Waals surface area contributed by atoms with Crippen LogP contribution < -0.4 is 0 Å². The van der Waals surface area contributed by atoms with Gasteiger partial charge < -0.3 is 5.11 Å². The van der Waals surface area contributed by atoms with E-state index >= 15 is 0 Å². The molecular formula is C8H9BrOS. The Morgan fingerprint density at radius 1 is 1.55 bits per heavy atom. The molecule has 1 aromatic carbocycles. The fourth-order valence-corrected chi connectivity index (χ4v) is 1.88. The molecule has 11 heavy (non-hydrogen) atoms. The van der Waals surface area contributed by atoms with Gasteiger partial charge in [0.2, 0.25) is 0 Å². The Hall–Kier alpha value is 0.01000. The molecule has 0 unspecified atom stereocenters. The fourth-order valence-electron chi connectivity index (χ4n) is 0.783. The zero-order valence-corrected chi connectivity index (χ0v) is 8.58. The minimum atomic E-state index is 0.0925. The Kier molecular flexibility index (Phi) is 3.43. The molecule has 3 heteroatoms. The highest BCUT2D eigenvalue weighted by atomic mass is 79.9. The monoisotopic (exact) mass is 232 g/mol. The third-order valence-electron chi connectivity index (χ3n) is 1.43. The molecule has 1 nitrogen and oxygen atoms in total. The van der Waals surface area contributed by atoms with Crippen LogP contribution in [0, 0.1) is 0 Å². The van der Waals surface area contributed by atoms with Gasteiger partial charge in [0.1, 0.15) is 0 Å². The van der Waals surface area contributed by atoms with Gasteiger partial charge in [0.15, 0.2) is 0 Å². The first kappa shape index (κ1) is 9.10. The fraction of sp³-hybridized carbons (Fsp3) is 0.250. The first-order valence-corrected chi connectivity index (χ1v) is 5.23. The van der Waals surface area contributed by atoms with Gasteiger partial charge >= 0.3 is 0 Å². The van der Waals surface area contributed by atoms with E-state index in [2.05, 4.69) is 15.9 Å². The average molecular weight is 233 g/mol. The van der Waals surface area contributed by atoms with Crippen LogP contribution in [0.2, 0.25) is 0 Å². The van der Waals surface area contributed by atoms with Crippen molar-refractivity contribution in [3.8, 4) is 0 Å². The summed E-state index contributed by atoms with van der Waals surface area (Å²) in [6.45, 7) is 0.0925. The van der Waals surface area contributed by atoms with Crippen molar-refractivity contribution in [3.63, 3.8) is 0 Å². The Morgan fingerprint density at radius 3 is 2.73 bits per heavy atom. The van der Waals surface area contributed by atoms with Gasteiger partial charge in [-0.15, -0.1) is 11.8 Å². The number of benzene rings is 1. The average Bonchev–Trinajstić information content (AvgIpc) is 2.04. The van der Waals surface area contributed by atoms with Crippen molar-refractivity contribution >= 4 is 27.7 Å². The zero-order valence-electron chi connectivity index (χ0n) is 6.17. The predicted molar refractivity (Wildman–Crippen MR) is 51.8 cm³/mol. The van der Waals surface area contributed by atoms with Crippen molar-refractivity contribution in [1.82, 2.24) is 0 Å². The first-order chi connectivity index (χ1) is 5.27. The highest BCUT2D eigenvalue weighted by Gasteiger charge is 1.98. The van der Waals surface area contributed by atoms with Gasteiger partial charge in [-0.2, -0.15) is 0 Å². The van der Waals surface area contributed by atoms with Crippen molar-refractivity contribution in [2.24, 2.45) is 0 Å². The Labute approximate surface area is 78.9 Å². The van der Waals surface area contributed by atoms with Crippen LogP contribution in [0.1, 0.15) is 5.56 Å². The molecule has 1 rings (SSSR count). The number of rotatable bonds is 2. The van der Waals surface area contributed by atoms with E-state index in [1.165, 1.54) is 4.90 Å². The molecule has 0 radical (unpaired) electrons. The third kappa shape index (κ3) is 2.22. The number of halogens is 1. The van der Waals surface area contributed by atoms with E-state index in [9.17, 15) is 0 Å². The predicted octanol–water partition coefficient (Wildman–Crippen LogP) is 2.66. The van der Waals surface area contributed by atoms with Crippen molar-refractivity contribution in [2.75, 3.05) is 6.26 Å². The lowest BCUT2D eigenvalue weighted by Crippen LogP contribution is -1.84. The molecule has 0 aliphatic heterocycles. The Morgan fingerprint density at radius 2 is 2.27 bits per heavy atom. The standard InChI is InChI=1S/C8H9BrOS/c1-11-7-3-2-6(5-10)8(9)4-7/h2-4,10H,5H2,1H3. The maximum Gasteiger partial charge on any atom is 0.0692 e. The summed E-state index contributed by atoms with van der Waals surface area (Å²) in [5, 5.41) is 8.85. The highest BCUT2D eigenvalue weighted by Crippen LogP contribution is 2.23. The molecule has 0 fully saturated rings. The molecular weight excluding hydrogens is 224 g/mol. The van der Waals surface area contributed by atoms with Crippen LogP contribution in [0.4, 0.5) is 0 Å². The van der Waals surface area contributed by atoms with Gasteiger partial charge in [-0.25, -0.2) is 0 Å². The molecule has 0 heterocycles. The number of aliphatic hydroxyl groups excluding tert-OH is 1. The van der Waals surface area contributed by atoms with E-state index in [1.807, 2.05) is 24.5 Å². The molecule has 0 saturated carbocycles. The highest BCUT2D eigenvalue weighted by molar-refractivity contribution is 9.10. The molecule has 1 aromatic rings. The van der Waals surface area contributed by atoms with Crippen molar-refractivity contribution in [1.29, 1.82) is 0 Å². The summed E-state index contributed by atoms with van der Waals surface area (Å²) < 4.78 is 0.979. The van der Waals surface area contributed by atoms with E-state index < -0.39 is 0 Å². The summed E-state index contributed by atoms with van der Waals surface area (Å²) in [7, 11) is 0. The first-order valence-electron chi connectivity index (χ1n) is 3.21. The maximum atomic E-state index is 8.85. The SMILES string of the molecule is CSc1ccc(CO)c(Br)c1. The van der Waals surface area contributed by atoms with E-state index in [0.717, 1.165) is 10.0 Å². The Balaban J connectivity index is 2.99. The van der Waals surface area contributed by atoms with E-state index in [-0.39, 0.29) is 6.61 Å². The lowest BCUT2D eigenvalue weighted by atomic mass is 10.2. The second-order valence-corrected chi connectivity index (χ2v) is 3.85. The van der Waals surface area contributed by atoms with Crippen LogP contribution >= 0.6 is 27.7 Å². The second-order valence-electron chi connectivity index (χ2n) is 2.12. The lowest BCUT2D eigenvalue weighted by molar-refractivity contribution is 0.281. The van der Waals surface area contributed by atoms with Crippen molar-refractivity contribution in [2.45, 2.75) is 11.5 Å². The smallest absolute Gasteiger partial charge is 0.0692 e. The van der Waals surface area contributed by atoms with Crippen molar-refractivity contribution in [3.05, 3.63) is 28.2 Å². The van der Waals surface area contributed by atoms with E-state index in [1.54, 1.807) is 11.8 Å². The van der Waals surface area contributed by atoms with Crippen LogP contribution in [0.5, 0.6) is 0 Å². The lowest BCUT2D eigenvalue weighted by Gasteiger charge is -2.01. The van der Waals surface area contributed by atoms with Gasteiger partial charge in [0.05, 0.1) is 6.61 Å². The molecule has 0 aliphatic carbocycles. The minimum Gasteiger partial charge on any atom is -0.392 e. The molecule has 0 aromatic heterocycles. The summed E-state index contributed by atoms with van der Waals surface area (Å²) in [5.74, 6) is 0.